The van der Waals surface area contributed by atoms with Crippen molar-refractivity contribution in [3.63, 3.8) is 0 Å². The van der Waals surface area contributed by atoms with Crippen LogP contribution in [-0.2, 0) is 9.53 Å². The van der Waals surface area contributed by atoms with E-state index in [2.05, 4.69) is 10.1 Å². The molecule has 5 nitrogen and oxygen atoms in total. The molecule has 0 aliphatic rings. The average Bonchev–Trinajstić information content (AvgIpc) is 2.36. The van der Waals surface area contributed by atoms with Gasteiger partial charge in [0.05, 0.1) is 25.8 Å². The van der Waals surface area contributed by atoms with Crippen molar-refractivity contribution in [2.75, 3.05) is 26.1 Å². The number of rotatable bonds is 5. The zero-order chi connectivity index (χ0) is 13.8. The molecule has 0 amide bonds. The van der Waals surface area contributed by atoms with Crippen molar-refractivity contribution in [3.05, 3.63) is 23.2 Å². The number of halogens is 1. The lowest BCUT2D eigenvalue weighted by Gasteiger charge is -2.21. The Morgan fingerprint density at radius 1 is 1.50 bits per heavy atom. The lowest BCUT2D eigenvalue weighted by atomic mass is 10.1. The Hall–Kier alpha value is -1.46. The molecule has 0 fully saturated rings. The molecule has 1 atom stereocenters. The van der Waals surface area contributed by atoms with Crippen LogP contribution in [-0.4, -0.2) is 37.4 Å². The lowest BCUT2D eigenvalue weighted by Crippen LogP contribution is -2.42. The number of benzene rings is 1. The van der Waals surface area contributed by atoms with Gasteiger partial charge in [0.15, 0.2) is 5.60 Å². The fraction of sp³-hybridized carbons (Fsp3) is 0.417. The standard InChI is InChI=1S/C12H16ClNO4/c1-12(16,11(15)18-3)7-14-8-4-5-9(13)10(6-8)17-2/h4-6,14,16H,7H2,1-3H3. The van der Waals surface area contributed by atoms with Gasteiger partial charge in [0.1, 0.15) is 5.75 Å². The van der Waals surface area contributed by atoms with E-state index in [4.69, 9.17) is 16.3 Å². The fourth-order valence-electron chi connectivity index (χ4n) is 1.34. The Kier molecular flexibility index (Phi) is 4.81. The Morgan fingerprint density at radius 3 is 2.72 bits per heavy atom. The largest absolute Gasteiger partial charge is 0.495 e. The predicted molar refractivity (Wildman–Crippen MR) is 69.1 cm³/mol. The average molecular weight is 274 g/mol. The predicted octanol–water partition coefficient (Wildman–Crippen LogP) is 1.68. The van der Waals surface area contributed by atoms with Crippen LogP contribution in [0.15, 0.2) is 18.2 Å². The first-order valence-electron chi connectivity index (χ1n) is 5.29. The summed E-state index contributed by atoms with van der Waals surface area (Å²) in [5.41, 5.74) is -0.915. The normalized spacial score (nSPS) is 13.6. The second-order valence-corrected chi connectivity index (χ2v) is 4.38. The molecular weight excluding hydrogens is 258 g/mol. The third-order valence-electron chi connectivity index (χ3n) is 2.41. The summed E-state index contributed by atoms with van der Waals surface area (Å²) in [5, 5.41) is 13.2. The summed E-state index contributed by atoms with van der Waals surface area (Å²) in [7, 11) is 2.73. The molecule has 1 aromatic rings. The molecular formula is C12H16ClNO4. The molecule has 0 heterocycles. The first-order valence-corrected chi connectivity index (χ1v) is 5.66. The molecule has 0 aliphatic carbocycles. The molecule has 18 heavy (non-hydrogen) atoms. The van der Waals surface area contributed by atoms with Crippen molar-refractivity contribution in [2.45, 2.75) is 12.5 Å². The molecule has 100 valence electrons. The first-order chi connectivity index (χ1) is 8.40. The quantitative estimate of drug-likeness (QED) is 0.799. The zero-order valence-electron chi connectivity index (χ0n) is 10.5. The highest BCUT2D eigenvalue weighted by atomic mass is 35.5. The number of aliphatic hydroxyl groups is 1. The molecule has 0 spiro atoms. The summed E-state index contributed by atoms with van der Waals surface area (Å²) in [6.07, 6.45) is 0. The molecule has 1 rings (SSSR count). The summed E-state index contributed by atoms with van der Waals surface area (Å²) in [6, 6.07) is 5.06. The number of carbonyl (C=O) groups is 1. The minimum Gasteiger partial charge on any atom is -0.495 e. The van der Waals surface area contributed by atoms with E-state index >= 15 is 0 Å². The number of hydrogen-bond donors (Lipinski definition) is 2. The number of anilines is 1. The highest BCUT2D eigenvalue weighted by molar-refractivity contribution is 6.32. The minimum absolute atomic E-state index is 0.0183. The number of esters is 1. The molecule has 0 aliphatic heterocycles. The maximum atomic E-state index is 11.3. The molecule has 1 aromatic carbocycles. The van der Waals surface area contributed by atoms with Crippen LogP contribution in [0, 0.1) is 0 Å². The number of nitrogens with one attached hydrogen (secondary N) is 1. The summed E-state index contributed by atoms with van der Waals surface area (Å²) >= 11 is 5.88. The van der Waals surface area contributed by atoms with Crippen molar-refractivity contribution in [1.29, 1.82) is 0 Å². The molecule has 0 saturated carbocycles. The lowest BCUT2D eigenvalue weighted by molar-refractivity contribution is -0.158. The van der Waals surface area contributed by atoms with E-state index in [9.17, 15) is 9.90 Å². The molecule has 0 aromatic heterocycles. The number of ether oxygens (including phenoxy) is 2. The van der Waals surface area contributed by atoms with Crippen molar-refractivity contribution < 1.29 is 19.4 Å². The van der Waals surface area contributed by atoms with Crippen molar-refractivity contribution in [1.82, 2.24) is 0 Å². The van der Waals surface area contributed by atoms with Crippen molar-refractivity contribution in [2.24, 2.45) is 0 Å². The first kappa shape index (κ1) is 14.6. The van der Waals surface area contributed by atoms with Crippen LogP contribution in [0.5, 0.6) is 5.75 Å². The van der Waals surface area contributed by atoms with Gasteiger partial charge in [0.2, 0.25) is 0 Å². The third-order valence-corrected chi connectivity index (χ3v) is 2.73. The van der Waals surface area contributed by atoms with Crippen LogP contribution in [0.3, 0.4) is 0 Å². The van der Waals surface area contributed by atoms with E-state index < -0.39 is 11.6 Å². The molecule has 0 saturated heterocycles. The fourth-order valence-corrected chi connectivity index (χ4v) is 1.53. The SMILES string of the molecule is COC(=O)C(C)(O)CNc1ccc(Cl)c(OC)c1. The van der Waals surface area contributed by atoms with E-state index in [-0.39, 0.29) is 6.54 Å². The van der Waals surface area contributed by atoms with Crippen molar-refractivity contribution >= 4 is 23.3 Å². The Labute approximate surface area is 111 Å². The smallest absolute Gasteiger partial charge is 0.339 e. The van der Waals surface area contributed by atoms with Gasteiger partial charge in [-0.3, -0.25) is 0 Å². The van der Waals surface area contributed by atoms with Crippen LogP contribution in [0.25, 0.3) is 0 Å². The van der Waals surface area contributed by atoms with E-state index in [1.165, 1.54) is 21.1 Å². The van der Waals surface area contributed by atoms with E-state index in [0.29, 0.717) is 16.5 Å². The van der Waals surface area contributed by atoms with Crippen LogP contribution in [0.4, 0.5) is 5.69 Å². The van der Waals surface area contributed by atoms with Gasteiger partial charge in [0.25, 0.3) is 0 Å². The van der Waals surface area contributed by atoms with E-state index in [1.807, 2.05) is 0 Å². The number of hydrogen-bond acceptors (Lipinski definition) is 5. The van der Waals surface area contributed by atoms with Crippen LogP contribution >= 0.6 is 11.6 Å². The molecule has 0 bridgehead atoms. The topological polar surface area (TPSA) is 67.8 Å². The number of methoxy groups -OCH3 is 2. The maximum Gasteiger partial charge on any atom is 0.339 e. The van der Waals surface area contributed by atoms with Crippen LogP contribution in [0.2, 0.25) is 5.02 Å². The second kappa shape index (κ2) is 5.93. The molecule has 6 heteroatoms. The van der Waals surface area contributed by atoms with Gasteiger partial charge >= 0.3 is 5.97 Å². The van der Waals surface area contributed by atoms with Gasteiger partial charge < -0.3 is 19.9 Å². The molecule has 2 N–H and O–H groups in total. The zero-order valence-corrected chi connectivity index (χ0v) is 11.2. The molecule has 1 unspecified atom stereocenters. The maximum absolute atomic E-state index is 11.3. The minimum atomic E-state index is -1.60. The van der Waals surface area contributed by atoms with Gasteiger partial charge in [-0.15, -0.1) is 0 Å². The number of carbonyl (C=O) groups excluding carboxylic acids is 1. The summed E-state index contributed by atoms with van der Waals surface area (Å²) in [6.45, 7) is 1.39. The highest BCUT2D eigenvalue weighted by Gasteiger charge is 2.31. The van der Waals surface area contributed by atoms with Gasteiger partial charge in [-0.05, 0) is 19.1 Å². The summed E-state index contributed by atoms with van der Waals surface area (Å²) in [4.78, 5) is 11.3. The van der Waals surface area contributed by atoms with Crippen molar-refractivity contribution in [3.8, 4) is 5.75 Å². The Balaban J connectivity index is 2.72. The van der Waals surface area contributed by atoms with E-state index in [1.54, 1.807) is 18.2 Å². The van der Waals surface area contributed by atoms with Gasteiger partial charge in [-0.2, -0.15) is 0 Å². The highest BCUT2D eigenvalue weighted by Crippen LogP contribution is 2.27. The van der Waals surface area contributed by atoms with Gasteiger partial charge in [-0.1, -0.05) is 11.6 Å². The van der Waals surface area contributed by atoms with Gasteiger partial charge in [-0.25, -0.2) is 4.79 Å². The molecule has 0 radical (unpaired) electrons. The summed E-state index contributed by atoms with van der Waals surface area (Å²) < 4.78 is 9.55. The van der Waals surface area contributed by atoms with E-state index in [0.717, 1.165) is 0 Å². The monoisotopic (exact) mass is 273 g/mol. The van der Waals surface area contributed by atoms with Crippen LogP contribution < -0.4 is 10.1 Å². The second-order valence-electron chi connectivity index (χ2n) is 3.97. The summed E-state index contributed by atoms with van der Waals surface area (Å²) in [5.74, 6) is -0.185. The Morgan fingerprint density at radius 2 is 2.17 bits per heavy atom. The van der Waals surface area contributed by atoms with Crippen LogP contribution in [0.1, 0.15) is 6.92 Å². The Bertz CT molecular complexity index is 434. The van der Waals surface area contributed by atoms with Gasteiger partial charge in [0, 0.05) is 11.8 Å². The third kappa shape index (κ3) is 3.51.